The second-order valence-electron chi connectivity index (χ2n) is 3.43. The molecule has 0 amide bonds. The molecule has 1 N–H and O–H groups in total. The van der Waals surface area contributed by atoms with E-state index in [0.29, 0.717) is 18.5 Å². The summed E-state index contributed by atoms with van der Waals surface area (Å²) in [5, 5.41) is 3.75. The zero-order valence-corrected chi connectivity index (χ0v) is 11.7. The van der Waals surface area contributed by atoms with Crippen LogP contribution in [0.4, 0.5) is 0 Å². The Balaban J connectivity index is 4.36. The van der Waals surface area contributed by atoms with Gasteiger partial charge in [0, 0.05) is 12.7 Å². The summed E-state index contributed by atoms with van der Waals surface area (Å²) in [6.45, 7) is 9.17. The zero-order chi connectivity index (χ0) is 12.4. The molecule has 0 saturated heterocycles. The summed E-state index contributed by atoms with van der Waals surface area (Å²) in [5.41, 5.74) is 0. The quantitative estimate of drug-likeness (QED) is 0.502. The molecule has 0 aliphatic carbocycles. The van der Waals surface area contributed by atoms with Crippen molar-refractivity contribution in [3.8, 4) is 0 Å². The van der Waals surface area contributed by atoms with E-state index >= 15 is 0 Å². The second kappa shape index (κ2) is 8.80. The minimum absolute atomic E-state index is 0.386. The van der Waals surface area contributed by atoms with E-state index in [0.717, 1.165) is 19.4 Å². The third-order valence-corrected chi connectivity index (χ3v) is 4.20. The highest BCUT2D eigenvalue weighted by molar-refractivity contribution is 7.58. The van der Waals surface area contributed by atoms with Crippen LogP contribution in [0, 0.1) is 0 Å². The molecular formula is C11H24NO3P. The van der Waals surface area contributed by atoms with Crippen LogP contribution in [-0.2, 0) is 13.6 Å². The smallest absolute Gasteiger partial charge is 0.358 e. The van der Waals surface area contributed by atoms with Gasteiger partial charge in [-0.2, -0.15) is 0 Å². The summed E-state index contributed by atoms with van der Waals surface area (Å²) in [4.78, 5) is 0. The first kappa shape index (κ1) is 15.7. The van der Waals surface area contributed by atoms with Gasteiger partial charge in [-0.05, 0) is 27.2 Å². The van der Waals surface area contributed by atoms with Crippen LogP contribution in [0.25, 0.3) is 0 Å². The molecule has 0 bridgehead atoms. The maximum atomic E-state index is 12.2. The molecule has 0 saturated carbocycles. The maximum absolute atomic E-state index is 12.2. The van der Waals surface area contributed by atoms with E-state index in [-0.39, 0.29) is 0 Å². The number of nitrogens with one attached hydrogen (secondary N) is 1. The molecule has 4 nitrogen and oxygen atoms in total. The molecule has 0 spiro atoms. The van der Waals surface area contributed by atoms with Crippen molar-refractivity contribution >= 4 is 7.60 Å². The average molecular weight is 249 g/mol. The van der Waals surface area contributed by atoms with Crippen molar-refractivity contribution in [1.82, 2.24) is 5.32 Å². The molecule has 0 radical (unpaired) electrons. The highest BCUT2D eigenvalue weighted by Gasteiger charge is 2.25. The normalized spacial score (nSPS) is 12.9. The Morgan fingerprint density at radius 3 is 2.25 bits per heavy atom. The number of rotatable bonds is 9. The summed E-state index contributed by atoms with van der Waals surface area (Å²) in [7, 11) is -3.06. The van der Waals surface area contributed by atoms with Crippen molar-refractivity contribution in [2.45, 2.75) is 40.5 Å². The largest absolute Gasteiger partial charge is 0.390 e. The van der Waals surface area contributed by atoms with E-state index in [2.05, 4.69) is 12.2 Å². The Labute approximate surface area is 98.9 Å². The molecule has 0 aromatic carbocycles. The highest BCUT2D eigenvalue weighted by atomic mass is 31.2. The monoisotopic (exact) mass is 249 g/mol. The van der Waals surface area contributed by atoms with Crippen LogP contribution in [0.15, 0.2) is 11.5 Å². The molecule has 0 aliphatic heterocycles. The Morgan fingerprint density at radius 2 is 1.81 bits per heavy atom. The lowest BCUT2D eigenvalue weighted by Crippen LogP contribution is -2.08. The number of hydrogen-bond donors (Lipinski definition) is 1. The van der Waals surface area contributed by atoms with Gasteiger partial charge in [-0.25, -0.2) is 0 Å². The summed E-state index contributed by atoms with van der Waals surface area (Å²) < 4.78 is 22.7. The van der Waals surface area contributed by atoms with Crippen molar-refractivity contribution in [1.29, 1.82) is 0 Å². The van der Waals surface area contributed by atoms with Gasteiger partial charge >= 0.3 is 7.60 Å². The van der Waals surface area contributed by atoms with Crippen LogP contribution in [0.3, 0.4) is 0 Å². The predicted octanol–water partition coefficient (Wildman–Crippen LogP) is 3.50. The van der Waals surface area contributed by atoms with Crippen molar-refractivity contribution in [2.24, 2.45) is 0 Å². The Morgan fingerprint density at radius 1 is 1.25 bits per heavy atom. The van der Waals surface area contributed by atoms with Crippen LogP contribution < -0.4 is 5.32 Å². The van der Waals surface area contributed by atoms with Crippen LogP contribution in [0.1, 0.15) is 40.5 Å². The van der Waals surface area contributed by atoms with E-state index in [1.807, 2.05) is 13.8 Å². The van der Waals surface area contributed by atoms with Gasteiger partial charge in [0.15, 0.2) is 0 Å². The van der Waals surface area contributed by atoms with Gasteiger partial charge in [0.2, 0.25) is 0 Å². The Hall–Kier alpha value is -0.310. The molecule has 0 aromatic rings. The van der Waals surface area contributed by atoms with Crippen molar-refractivity contribution < 1.29 is 13.6 Å². The lowest BCUT2D eigenvalue weighted by molar-refractivity contribution is 0.226. The summed E-state index contributed by atoms with van der Waals surface area (Å²) in [6.07, 6.45) is 3.97. The molecule has 5 heteroatoms. The maximum Gasteiger partial charge on any atom is 0.358 e. The van der Waals surface area contributed by atoms with Gasteiger partial charge in [0.25, 0.3) is 0 Å². The third kappa shape index (κ3) is 5.69. The van der Waals surface area contributed by atoms with Gasteiger partial charge in [-0.15, -0.1) is 0 Å². The molecule has 0 aromatic heterocycles. The van der Waals surface area contributed by atoms with E-state index in [4.69, 9.17) is 9.05 Å². The molecular weight excluding hydrogens is 225 g/mol. The van der Waals surface area contributed by atoms with Gasteiger partial charge in [-0.1, -0.05) is 13.3 Å². The molecule has 0 unspecified atom stereocenters. The SMILES string of the molecule is CCCCN/C=C(\C)P(=O)(OCC)OCC. The molecule has 16 heavy (non-hydrogen) atoms. The first-order chi connectivity index (χ1) is 7.60. The van der Waals surface area contributed by atoms with E-state index < -0.39 is 7.60 Å². The van der Waals surface area contributed by atoms with Crippen LogP contribution in [0.5, 0.6) is 0 Å². The fraction of sp³-hybridized carbons (Fsp3) is 0.818. The Kier molecular flexibility index (Phi) is 8.63. The summed E-state index contributed by atoms with van der Waals surface area (Å²) in [6, 6.07) is 0. The van der Waals surface area contributed by atoms with Crippen LogP contribution >= 0.6 is 7.60 Å². The summed E-state index contributed by atoms with van der Waals surface area (Å²) in [5.74, 6) is 0. The average Bonchev–Trinajstić information content (AvgIpc) is 2.24. The van der Waals surface area contributed by atoms with Crippen molar-refractivity contribution in [3.05, 3.63) is 11.5 Å². The highest BCUT2D eigenvalue weighted by Crippen LogP contribution is 2.55. The lowest BCUT2D eigenvalue weighted by atomic mass is 10.3. The Bertz CT molecular complexity index is 244. The number of allylic oxidation sites excluding steroid dienone is 1. The fourth-order valence-electron chi connectivity index (χ4n) is 1.16. The van der Waals surface area contributed by atoms with E-state index in [9.17, 15) is 4.57 Å². The van der Waals surface area contributed by atoms with Crippen LogP contribution in [-0.4, -0.2) is 19.8 Å². The second-order valence-corrected chi connectivity index (χ2v) is 5.64. The fourth-order valence-corrected chi connectivity index (χ4v) is 2.57. The van der Waals surface area contributed by atoms with Gasteiger partial charge < -0.3 is 14.4 Å². The molecule has 0 atom stereocenters. The third-order valence-electron chi connectivity index (χ3n) is 2.02. The minimum atomic E-state index is -3.06. The van der Waals surface area contributed by atoms with Gasteiger partial charge in [-0.3, -0.25) is 4.57 Å². The first-order valence-electron chi connectivity index (χ1n) is 5.90. The minimum Gasteiger partial charge on any atom is -0.390 e. The number of unbranched alkanes of at least 4 members (excludes halogenated alkanes) is 1. The van der Waals surface area contributed by atoms with E-state index in [1.54, 1.807) is 13.1 Å². The molecule has 0 aliphatic rings. The van der Waals surface area contributed by atoms with Crippen LogP contribution in [0.2, 0.25) is 0 Å². The standard InChI is InChI=1S/C11H24NO3P/c1-5-8-9-12-10-11(4)16(13,14-6-2)15-7-3/h10,12H,5-9H2,1-4H3/b11-10+. The zero-order valence-electron chi connectivity index (χ0n) is 10.8. The first-order valence-corrected chi connectivity index (χ1v) is 7.44. The predicted molar refractivity (Wildman–Crippen MR) is 67.5 cm³/mol. The number of hydrogen-bond acceptors (Lipinski definition) is 4. The molecule has 0 heterocycles. The van der Waals surface area contributed by atoms with Gasteiger partial charge in [0.1, 0.15) is 0 Å². The lowest BCUT2D eigenvalue weighted by Gasteiger charge is -2.17. The summed E-state index contributed by atoms with van der Waals surface area (Å²) >= 11 is 0. The molecule has 0 fully saturated rings. The van der Waals surface area contributed by atoms with Crippen molar-refractivity contribution in [2.75, 3.05) is 19.8 Å². The topological polar surface area (TPSA) is 47.6 Å². The van der Waals surface area contributed by atoms with Crippen molar-refractivity contribution in [3.63, 3.8) is 0 Å². The van der Waals surface area contributed by atoms with Gasteiger partial charge in [0.05, 0.1) is 18.5 Å². The van der Waals surface area contributed by atoms with E-state index in [1.165, 1.54) is 0 Å². The molecule has 96 valence electrons. The molecule has 0 rings (SSSR count).